The van der Waals surface area contributed by atoms with E-state index in [0.29, 0.717) is 0 Å². The highest BCUT2D eigenvalue weighted by molar-refractivity contribution is 5.90. The van der Waals surface area contributed by atoms with Crippen molar-refractivity contribution in [3.8, 4) is 0 Å². The van der Waals surface area contributed by atoms with Crippen molar-refractivity contribution in [3.05, 3.63) is 48.3 Å². The first-order valence-corrected chi connectivity index (χ1v) is 6.11. The Morgan fingerprint density at radius 3 is 2.38 bits per heavy atom. The predicted octanol–water partition coefficient (Wildman–Crippen LogP) is 1.42. The lowest BCUT2D eigenvalue weighted by Gasteiger charge is -2.23. The molecular weight excluding hydrogens is 274 g/mol. The lowest BCUT2D eigenvalue weighted by molar-refractivity contribution is -0.145. The number of aromatic nitrogens is 1. The fraction of sp³-hybridized carbons (Fsp3) is 0.214. The van der Waals surface area contributed by atoms with Crippen molar-refractivity contribution in [1.82, 2.24) is 4.98 Å². The molecule has 0 radical (unpaired) electrons. The fourth-order valence-corrected chi connectivity index (χ4v) is 1.63. The number of pyridine rings is 1. The smallest absolute Gasteiger partial charge is 0.331 e. The van der Waals surface area contributed by atoms with Gasteiger partial charge in [-0.15, -0.1) is 0 Å². The second-order valence-corrected chi connectivity index (χ2v) is 4.64. The number of nitrogens with one attached hydrogen (secondary N) is 1. The van der Waals surface area contributed by atoms with E-state index in [0.717, 1.165) is 5.69 Å². The van der Waals surface area contributed by atoms with E-state index in [-0.39, 0.29) is 12.0 Å². The summed E-state index contributed by atoms with van der Waals surface area (Å²) in [5.41, 5.74) is 2.41. The van der Waals surface area contributed by atoms with Crippen molar-refractivity contribution in [2.75, 3.05) is 5.43 Å². The molecule has 21 heavy (non-hydrogen) atoms. The van der Waals surface area contributed by atoms with Crippen LogP contribution >= 0.6 is 0 Å². The molecule has 1 heterocycles. The van der Waals surface area contributed by atoms with Gasteiger partial charge in [-0.2, -0.15) is 0 Å². The van der Waals surface area contributed by atoms with Crippen molar-refractivity contribution >= 4 is 17.6 Å². The lowest BCUT2D eigenvalue weighted by atomic mass is 9.80. The summed E-state index contributed by atoms with van der Waals surface area (Å²) in [6, 6.07) is 3.58. The molecule has 0 saturated heterocycles. The molecule has 112 valence electrons. The molecule has 7 heteroatoms. The molecule has 0 saturated carbocycles. The normalized spacial score (nSPS) is 19.8. The standard InChI is InChI=1S/C9H10O4.C5H7N3/c1-9(8(12)13)4-2-3-6(5-9)7(10)11;6-8-5-1-3-7-4-2-5/h2-4H,5H2,1H3,(H,10,11)(H,12,13);1-4H,6H2,(H,7,8). The SMILES string of the molecule is CC1(C(=O)O)C=CC=C(C(=O)O)C1.NNc1ccncc1. The van der Waals surface area contributed by atoms with Crippen molar-refractivity contribution < 1.29 is 19.8 Å². The first kappa shape index (κ1) is 16.4. The number of anilines is 1. The van der Waals surface area contributed by atoms with Crippen molar-refractivity contribution in [2.45, 2.75) is 13.3 Å². The van der Waals surface area contributed by atoms with Crippen molar-refractivity contribution in [1.29, 1.82) is 0 Å². The molecule has 0 fully saturated rings. The maximum atomic E-state index is 10.8. The van der Waals surface area contributed by atoms with Crippen LogP contribution in [0.5, 0.6) is 0 Å². The molecule has 0 aromatic carbocycles. The molecular formula is C14H17N3O4. The first-order chi connectivity index (χ1) is 9.89. The Labute approximate surface area is 121 Å². The number of rotatable bonds is 3. The maximum Gasteiger partial charge on any atom is 0.331 e. The zero-order valence-corrected chi connectivity index (χ0v) is 11.5. The molecule has 5 N–H and O–H groups in total. The van der Waals surface area contributed by atoms with Crippen LogP contribution in [0, 0.1) is 5.41 Å². The van der Waals surface area contributed by atoms with Gasteiger partial charge in [0.1, 0.15) is 0 Å². The second-order valence-electron chi connectivity index (χ2n) is 4.64. The Bertz CT molecular complexity index is 569. The molecule has 0 spiro atoms. The van der Waals surface area contributed by atoms with Gasteiger partial charge in [0.2, 0.25) is 0 Å². The van der Waals surface area contributed by atoms with Crippen LogP contribution in [-0.4, -0.2) is 27.1 Å². The van der Waals surface area contributed by atoms with Gasteiger partial charge < -0.3 is 15.6 Å². The first-order valence-electron chi connectivity index (χ1n) is 6.11. The molecule has 1 aliphatic rings. The van der Waals surface area contributed by atoms with Crippen LogP contribution in [-0.2, 0) is 9.59 Å². The Kier molecular flexibility index (Phi) is 5.62. The topological polar surface area (TPSA) is 126 Å². The Morgan fingerprint density at radius 2 is 1.95 bits per heavy atom. The Hall–Kier alpha value is -2.67. The number of nitrogens with two attached hydrogens (primary N) is 1. The van der Waals surface area contributed by atoms with Gasteiger partial charge in [-0.1, -0.05) is 18.2 Å². The van der Waals surface area contributed by atoms with Crippen LogP contribution < -0.4 is 11.3 Å². The second kappa shape index (κ2) is 7.20. The number of carboxylic acids is 2. The number of nitrogens with zero attached hydrogens (tertiary/aromatic N) is 1. The zero-order chi connectivity index (χ0) is 15.9. The minimum Gasteiger partial charge on any atom is -0.481 e. The zero-order valence-electron chi connectivity index (χ0n) is 11.5. The van der Waals surface area contributed by atoms with E-state index >= 15 is 0 Å². The van der Waals surface area contributed by atoms with Crippen molar-refractivity contribution in [3.63, 3.8) is 0 Å². The van der Waals surface area contributed by atoms with Crippen LogP contribution in [0.3, 0.4) is 0 Å². The van der Waals surface area contributed by atoms with E-state index in [1.54, 1.807) is 24.5 Å². The fourth-order valence-electron chi connectivity index (χ4n) is 1.63. The number of carboxylic acid groups (broad SMARTS) is 2. The van der Waals surface area contributed by atoms with E-state index < -0.39 is 17.4 Å². The summed E-state index contributed by atoms with van der Waals surface area (Å²) in [7, 11) is 0. The average molecular weight is 291 g/mol. The molecule has 0 bridgehead atoms. The molecule has 1 atom stereocenters. The van der Waals surface area contributed by atoms with Gasteiger partial charge in [-0.05, 0) is 25.5 Å². The number of nitrogen functional groups attached to an aromatic ring is 1. The third-order valence-electron chi connectivity index (χ3n) is 2.93. The molecule has 1 aromatic heterocycles. The molecule has 1 aliphatic carbocycles. The third kappa shape index (κ3) is 4.73. The average Bonchev–Trinajstić information content (AvgIpc) is 2.48. The summed E-state index contributed by atoms with van der Waals surface area (Å²) in [4.78, 5) is 25.1. The van der Waals surface area contributed by atoms with Gasteiger partial charge >= 0.3 is 11.9 Å². The van der Waals surface area contributed by atoms with Crippen LogP contribution in [0.15, 0.2) is 48.3 Å². The van der Waals surface area contributed by atoms with E-state index in [1.807, 2.05) is 0 Å². The summed E-state index contributed by atoms with van der Waals surface area (Å²) in [5, 5.41) is 17.5. The highest BCUT2D eigenvalue weighted by Crippen LogP contribution is 2.31. The van der Waals surface area contributed by atoms with E-state index in [9.17, 15) is 9.59 Å². The number of allylic oxidation sites excluding steroid dienone is 2. The summed E-state index contributed by atoms with van der Waals surface area (Å²) in [6.45, 7) is 1.50. The van der Waals surface area contributed by atoms with Crippen LogP contribution in [0.1, 0.15) is 13.3 Å². The van der Waals surface area contributed by atoms with Gasteiger partial charge in [-0.3, -0.25) is 15.6 Å². The van der Waals surface area contributed by atoms with Crippen LogP contribution in [0.4, 0.5) is 5.69 Å². The van der Waals surface area contributed by atoms with Gasteiger partial charge in [0.15, 0.2) is 0 Å². The van der Waals surface area contributed by atoms with E-state index in [4.69, 9.17) is 16.1 Å². The number of hydrogen-bond donors (Lipinski definition) is 4. The van der Waals surface area contributed by atoms with Gasteiger partial charge in [0, 0.05) is 18.0 Å². The third-order valence-corrected chi connectivity index (χ3v) is 2.93. The Morgan fingerprint density at radius 1 is 1.33 bits per heavy atom. The van der Waals surface area contributed by atoms with E-state index in [2.05, 4.69) is 10.4 Å². The molecule has 7 nitrogen and oxygen atoms in total. The van der Waals surface area contributed by atoms with E-state index in [1.165, 1.54) is 25.2 Å². The number of hydrogen-bond acceptors (Lipinski definition) is 5. The number of hydrazine groups is 1. The quantitative estimate of drug-likeness (QED) is 0.490. The molecule has 0 aliphatic heterocycles. The van der Waals surface area contributed by atoms with Gasteiger partial charge in [0.05, 0.1) is 11.1 Å². The molecule has 2 rings (SSSR count). The van der Waals surface area contributed by atoms with Crippen molar-refractivity contribution in [2.24, 2.45) is 11.3 Å². The maximum absolute atomic E-state index is 10.8. The molecule has 0 amide bonds. The van der Waals surface area contributed by atoms with Crippen LogP contribution in [0.2, 0.25) is 0 Å². The summed E-state index contributed by atoms with van der Waals surface area (Å²) in [5.74, 6) is 3.01. The Balaban J connectivity index is 0.000000235. The molecule has 1 aromatic rings. The summed E-state index contributed by atoms with van der Waals surface area (Å²) >= 11 is 0. The minimum atomic E-state index is -1.08. The highest BCUT2D eigenvalue weighted by atomic mass is 16.4. The lowest BCUT2D eigenvalue weighted by Crippen LogP contribution is -2.28. The molecule has 1 unspecified atom stereocenters. The largest absolute Gasteiger partial charge is 0.481 e. The van der Waals surface area contributed by atoms with Gasteiger partial charge in [-0.25, -0.2) is 4.79 Å². The van der Waals surface area contributed by atoms with Crippen LogP contribution in [0.25, 0.3) is 0 Å². The monoisotopic (exact) mass is 291 g/mol. The predicted molar refractivity (Wildman–Crippen MR) is 77.3 cm³/mol. The number of carbonyl (C=O) groups is 2. The summed E-state index contributed by atoms with van der Waals surface area (Å²) in [6.07, 6.45) is 7.79. The summed E-state index contributed by atoms with van der Waals surface area (Å²) < 4.78 is 0. The number of aliphatic carboxylic acids is 2. The minimum absolute atomic E-state index is 0.0359. The highest BCUT2D eigenvalue weighted by Gasteiger charge is 2.34. The van der Waals surface area contributed by atoms with Gasteiger partial charge in [0.25, 0.3) is 0 Å².